The minimum absolute atomic E-state index is 0.252. The van der Waals surface area contributed by atoms with Gasteiger partial charge in [0.05, 0.1) is 5.92 Å². The lowest BCUT2D eigenvalue weighted by molar-refractivity contribution is -0.138. The van der Waals surface area contributed by atoms with Gasteiger partial charge < -0.3 is 9.67 Å². The van der Waals surface area contributed by atoms with Crippen molar-refractivity contribution in [1.29, 1.82) is 0 Å². The number of nitrogens with zero attached hydrogens (tertiary/aromatic N) is 1. The second kappa shape index (κ2) is 3.43. The molecule has 0 aliphatic rings. The highest BCUT2D eigenvalue weighted by Gasteiger charge is 2.16. The normalized spacial score (nSPS) is 12.5. The number of aromatic nitrogens is 1. The summed E-state index contributed by atoms with van der Waals surface area (Å²) in [6, 6.07) is 3.21. The summed E-state index contributed by atoms with van der Waals surface area (Å²) in [5.41, 5.74) is 0.0647. The van der Waals surface area contributed by atoms with Gasteiger partial charge in [0.2, 0.25) is 0 Å². The molecule has 70 valence electrons. The Labute approximate surface area is 75.4 Å². The van der Waals surface area contributed by atoms with E-state index in [9.17, 15) is 9.59 Å². The van der Waals surface area contributed by atoms with Crippen molar-refractivity contribution in [2.75, 3.05) is 0 Å². The molecule has 0 aliphatic carbocycles. The van der Waals surface area contributed by atoms with Crippen LogP contribution in [-0.4, -0.2) is 15.6 Å². The minimum Gasteiger partial charge on any atom is -0.481 e. The van der Waals surface area contributed by atoms with Crippen LogP contribution >= 0.6 is 0 Å². The number of hydrogen-bond acceptors (Lipinski definition) is 2. The van der Waals surface area contributed by atoms with E-state index < -0.39 is 11.9 Å². The first-order chi connectivity index (χ1) is 6.04. The Balaban J connectivity index is 3.23. The quantitative estimate of drug-likeness (QED) is 0.725. The number of carbonyl (C=O) groups is 1. The predicted octanol–water partition coefficient (Wildman–Crippen LogP) is 0.573. The van der Waals surface area contributed by atoms with Crippen molar-refractivity contribution in [3.8, 4) is 0 Å². The topological polar surface area (TPSA) is 59.3 Å². The first-order valence-corrected chi connectivity index (χ1v) is 3.92. The van der Waals surface area contributed by atoms with Crippen LogP contribution < -0.4 is 5.56 Å². The highest BCUT2D eigenvalue weighted by atomic mass is 16.4. The second-order valence-electron chi connectivity index (χ2n) is 2.94. The molecule has 0 saturated carbocycles. The van der Waals surface area contributed by atoms with Crippen LogP contribution in [0.1, 0.15) is 18.4 Å². The Morgan fingerprint density at radius 3 is 2.77 bits per heavy atom. The molecule has 0 amide bonds. The molecule has 4 heteroatoms. The fourth-order valence-corrected chi connectivity index (χ4v) is 1.08. The van der Waals surface area contributed by atoms with Crippen molar-refractivity contribution in [3.05, 3.63) is 34.2 Å². The molecule has 0 spiro atoms. The maximum Gasteiger partial charge on any atom is 0.310 e. The number of carboxylic acids is 1. The molecule has 0 radical (unpaired) electrons. The molecule has 1 rings (SSSR count). The van der Waals surface area contributed by atoms with Crippen LogP contribution in [0.4, 0.5) is 0 Å². The third-order valence-corrected chi connectivity index (χ3v) is 1.99. The lowest BCUT2D eigenvalue weighted by atomic mass is 10.0. The van der Waals surface area contributed by atoms with Gasteiger partial charge in [-0.25, -0.2) is 0 Å². The van der Waals surface area contributed by atoms with Crippen molar-refractivity contribution >= 4 is 5.97 Å². The molecule has 1 atom stereocenters. The largest absolute Gasteiger partial charge is 0.481 e. The molecule has 0 aliphatic heterocycles. The third kappa shape index (κ3) is 1.77. The number of aryl methyl sites for hydroxylation is 1. The maximum atomic E-state index is 11.4. The molecular weight excluding hydrogens is 170 g/mol. The summed E-state index contributed by atoms with van der Waals surface area (Å²) in [5, 5.41) is 8.70. The van der Waals surface area contributed by atoms with E-state index in [1.54, 1.807) is 25.4 Å². The molecule has 0 saturated heterocycles. The lowest BCUT2D eigenvalue weighted by Crippen LogP contribution is -2.24. The Hall–Kier alpha value is -1.58. The van der Waals surface area contributed by atoms with Gasteiger partial charge in [-0.1, -0.05) is 6.07 Å². The predicted molar refractivity (Wildman–Crippen MR) is 47.7 cm³/mol. The van der Waals surface area contributed by atoms with E-state index in [0.29, 0.717) is 5.56 Å². The Bertz CT molecular complexity index is 381. The lowest BCUT2D eigenvalue weighted by Gasteiger charge is -2.06. The summed E-state index contributed by atoms with van der Waals surface area (Å²) < 4.78 is 1.37. The van der Waals surface area contributed by atoms with Crippen LogP contribution in [0.2, 0.25) is 0 Å². The monoisotopic (exact) mass is 181 g/mol. The van der Waals surface area contributed by atoms with Crippen LogP contribution in [0, 0.1) is 0 Å². The van der Waals surface area contributed by atoms with E-state index in [1.165, 1.54) is 11.5 Å². The van der Waals surface area contributed by atoms with E-state index >= 15 is 0 Å². The number of aliphatic carboxylic acids is 1. The molecule has 4 nitrogen and oxygen atoms in total. The summed E-state index contributed by atoms with van der Waals surface area (Å²) in [4.78, 5) is 22.0. The number of rotatable bonds is 2. The highest BCUT2D eigenvalue weighted by Crippen LogP contribution is 2.09. The molecule has 1 N–H and O–H groups in total. The molecule has 1 heterocycles. The number of pyridine rings is 1. The average molecular weight is 181 g/mol. The van der Waals surface area contributed by atoms with Gasteiger partial charge in [0.15, 0.2) is 0 Å². The van der Waals surface area contributed by atoms with Gasteiger partial charge in [-0.05, 0) is 13.0 Å². The third-order valence-electron chi connectivity index (χ3n) is 1.99. The molecular formula is C9H11NO3. The smallest absolute Gasteiger partial charge is 0.310 e. The van der Waals surface area contributed by atoms with Gasteiger partial charge in [0, 0.05) is 18.8 Å². The first-order valence-electron chi connectivity index (χ1n) is 3.92. The van der Waals surface area contributed by atoms with Crippen LogP contribution in [0.5, 0.6) is 0 Å². The van der Waals surface area contributed by atoms with Crippen LogP contribution in [-0.2, 0) is 11.8 Å². The van der Waals surface area contributed by atoms with E-state index in [1.807, 2.05) is 0 Å². The van der Waals surface area contributed by atoms with Gasteiger partial charge in [0.25, 0.3) is 5.56 Å². The van der Waals surface area contributed by atoms with Crippen LogP contribution in [0.3, 0.4) is 0 Å². The highest BCUT2D eigenvalue weighted by molar-refractivity contribution is 5.75. The first kappa shape index (κ1) is 9.51. The van der Waals surface area contributed by atoms with Crippen molar-refractivity contribution in [2.45, 2.75) is 12.8 Å². The summed E-state index contributed by atoms with van der Waals surface area (Å²) in [7, 11) is 1.60. The fraction of sp³-hybridized carbons (Fsp3) is 0.333. The number of carboxylic acid groups (broad SMARTS) is 1. The fourth-order valence-electron chi connectivity index (χ4n) is 1.08. The zero-order valence-corrected chi connectivity index (χ0v) is 7.52. The minimum atomic E-state index is -0.983. The Morgan fingerprint density at radius 2 is 2.23 bits per heavy atom. The van der Waals surface area contributed by atoms with E-state index in [0.717, 1.165) is 0 Å². The summed E-state index contributed by atoms with van der Waals surface area (Å²) in [6.07, 6.45) is 1.60. The SMILES string of the molecule is CC(C(=O)O)c1cccn(C)c1=O. The van der Waals surface area contributed by atoms with Gasteiger partial charge in [-0.3, -0.25) is 9.59 Å². The average Bonchev–Trinajstić information content (AvgIpc) is 2.08. The van der Waals surface area contributed by atoms with Crippen molar-refractivity contribution in [3.63, 3.8) is 0 Å². The molecule has 0 fully saturated rings. The molecule has 0 aromatic carbocycles. The summed E-state index contributed by atoms with van der Waals surface area (Å²) >= 11 is 0. The molecule has 1 aromatic heterocycles. The van der Waals surface area contributed by atoms with Gasteiger partial charge in [-0.15, -0.1) is 0 Å². The molecule has 1 unspecified atom stereocenters. The van der Waals surface area contributed by atoms with Crippen LogP contribution in [0.15, 0.2) is 23.1 Å². The summed E-state index contributed by atoms with van der Waals surface area (Å²) in [6.45, 7) is 1.50. The van der Waals surface area contributed by atoms with Crippen molar-refractivity contribution in [2.24, 2.45) is 7.05 Å². The van der Waals surface area contributed by atoms with Gasteiger partial charge >= 0.3 is 5.97 Å². The molecule has 0 bridgehead atoms. The van der Waals surface area contributed by atoms with Gasteiger partial charge in [0.1, 0.15) is 0 Å². The van der Waals surface area contributed by atoms with E-state index in [-0.39, 0.29) is 5.56 Å². The molecule has 1 aromatic rings. The summed E-state index contributed by atoms with van der Waals surface area (Å²) in [5.74, 6) is -1.73. The van der Waals surface area contributed by atoms with Crippen molar-refractivity contribution < 1.29 is 9.90 Å². The zero-order valence-electron chi connectivity index (χ0n) is 7.52. The Kier molecular flexibility index (Phi) is 2.51. The standard InChI is InChI=1S/C9H11NO3/c1-6(9(12)13)7-4-3-5-10(2)8(7)11/h3-6H,1-2H3,(H,12,13). The maximum absolute atomic E-state index is 11.4. The number of hydrogen-bond donors (Lipinski definition) is 1. The van der Waals surface area contributed by atoms with Crippen molar-refractivity contribution in [1.82, 2.24) is 4.57 Å². The van der Waals surface area contributed by atoms with Gasteiger partial charge in [-0.2, -0.15) is 0 Å². The zero-order chi connectivity index (χ0) is 10.0. The van der Waals surface area contributed by atoms with E-state index in [4.69, 9.17) is 5.11 Å². The Morgan fingerprint density at radius 1 is 1.62 bits per heavy atom. The molecule has 13 heavy (non-hydrogen) atoms. The van der Waals surface area contributed by atoms with Crippen LogP contribution in [0.25, 0.3) is 0 Å². The van der Waals surface area contributed by atoms with E-state index in [2.05, 4.69) is 0 Å². The second-order valence-corrected chi connectivity index (χ2v) is 2.94.